The molecule has 0 aliphatic rings. The van der Waals surface area contributed by atoms with Crippen LogP contribution in [0.4, 0.5) is 5.95 Å². The second-order valence-corrected chi connectivity index (χ2v) is 3.32. The third-order valence-corrected chi connectivity index (χ3v) is 2.05. The maximum absolute atomic E-state index is 11.8. The number of anilines is 1. The first-order valence-electron chi connectivity index (χ1n) is 5.28. The van der Waals surface area contributed by atoms with Crippen molar-refractivity contribution in [3.05, 3.63) is 53.9 Å². The molecule has 2 aromatic heterocycles. The number of pyridine rings is 1. The number of rotatable bonds is 5. The molecule has 92 valence electrons. The van der Waals surface area contributed by atoms with Gasteiger partial charge in [0.05, 0.1) is 0 Å². The first kappa shape index (κ1) is 11.9. The van der Waals surface area contributed by atoms with Gasteiger partial charge in [-0.25, -0.2) is 24.8 Å². The summed E-state index contributed by atoms with van der Waals surface area (Å²) in [7, 11) is 0. The molecule has 0 saturated carbocycles. The third kappa shape index (κ3) is 2.77. The molecule has 2 N–H and O–H groups in total. The van der Waals surface area contributed by atoms with Crippen LogP contribution in [0.1, 0.15) is 0 Å². The van der Waals surface area contributed by atoms with E-state index in [1.165, 1.54) is 10.9 Å². The smallest absolute Gasteiger partial charge is 0.289 e. The number of hydrogen-bond acceptors (Lipinski definition) is 6. The quantitative estimate of drug-likeness (QED) is 0.441. The van der Waals surface area contributed by atoms with Crippen molar-refractivity contribution in [1.29, 1.82) is 0 Å². The molecule has 7 nitrogen and oxygen atoms in total. The van der Waals surface area contributed by atoms with Gasteiger partial charge in [0.2, 0.25) is 5.95 Å². The topological polar surface area (TPSA) is 84.7 Å². The average Bonchev–Trinajstić information content (AvgIpc) is 2.40. The Labute approximate surface area is 103 Å². The standard InChI is InChI=1S/C11H12N6O/c1-2-6-14-16-10-13-8-17(11(18)15-10)9-5-3-4-7-12-9/h2-5,7-8,14H,1,6H2,(H,15,16,18). The van der Waals surface area contributed by atoms with E-state index in [-0.39, 0.29) is 5.95 Å². The largest absolute Gasteiger partial charge is 0.357 e. The molecular weight excluding hydrogens is 232 g/mol. The van der Waals surface area contributed by atoms with Crippen LogP contribution in [0.25, 0.3) is 5.82 Å². The van der Waals surface area contributed by atoms with E-state index in [9.17, 15) is 4.79 Å². The molecule has 0 unspecified atom stereocenters. The van der Waals surface area contributed by atoms with Gasteiger partial charge in [0.15, 0.2) is 0 Å². The van der Waals surface area contributed by atoms with E-state index < -0.39 is 5.69 Å². The molecule has 0 aliphatic carbocycles. The van der Waals surface area contributed by atoms with E-state index in [1.54, 1.807) is 30.5 Å². The Kier molecular flexibility index (Phi) is 3.77. The molecule has 0 amide bonds. The van der Waals surface area contributed by atoms with Crippen LogP contribution < -0.4 is 16.5 Å². The molecular formula is C11H12N6O. The van der Waals surface area contributed by atoms with Gasteiger partial charge in [-0.2, -0.15) is 4.98 Å². The second-order valence-electron chi connectivity index (χ2n) is 3.32. The van der Waals surface area contributed by atoms with Gasteiger partial charge in [-0.1, -0.05) is 12.1 Å². The zero-order valence-electron chi connectivity index (χ0n) is 9.58. The first-order chi connectivity index (χ1) is 8.81. The maximum Gasteiger partial charge on any atom is 0.357 e. The lowest BCUT2D eigenvalue weighted by molar-refractivity contribution is 0.804. The summed E-state index contributed by atoms with van der Waals surface area (Å²) in [6, 6.07) is 5.25. The molecule has 2 aromatic rings. The van der Waals surface area contributed by atoms with Gasteiger partial charge in [0, 0.05) is 12.7 Å². The Bertz CT molecular complexity index is 580. The predicted molar refractivity (Wildman–Crippen MR) is 67.2 cm³/mol. The Morgan fingerprint density at radius 1 is 1.39 bits per heavy atom. The molecule has 0 fully saturated rings. The zero-order valence-corrected chi connectivity index (χ0v) is 9.58. The molecule has 0 saturated heterocycles. The molecule has 7 heteroatoms. The minimum Gasteiger partial charge on any atom is -0.289 e. The lowest BCUT2D eigenvalue weighted by Gasteiger charge is -2.06. The molecule has 18 heavy (non-hydrogen) atoms. The van der Waals surface area contributed by atoms with Gasteiger partial charge in [-0.15, -0.1) is 6.58 Å². The highest BCUT2D eigenvalue weighted by atomic mass is 16.1. The molecule has 2 heterocycles. The van der Waals surface area contributed by atoms with Crippen molar-refractivity contribution in [1.82, 2.24) is 24.9 Å². The first-order valence-corrected chi connectivity index (χ1v) is 5.28. The van der Waals surface area contributed by atoms with E-state index >= 15 is 0 Å². The molecule has 0 radical (unpaired) electrons. The normalized spacial score (nSPS) is 10.0. The lowest BCUT2D eigenvalue weighted by atomic mass is 10.5. The highest BCUT2D eigenvalue weighted by Crippen LogP contribution is 1.98. The van der Waals surface area contributed by atoms with Crippen LogP contribution in [0.3, 0.4) is 0 Å². The molecule has 0 aromatic carbocycles. The summed E-state index contributed by atoms with van der Waals surface area (Å²) in [6.07, 6.45) is 4.64. The van der Waals surface area contributed by atoms with E-state index in [4.69, 9.17) is 0 Å². The average molecular weight is 244 g/mol. The highest BCUT2D eigenvalue weighted by Gasteiger charge is 2.03. The number of nitrogens with one attached hydrogen (secondary N) is 2. The molecule has 0 spiro atoms. The Morgan fingerprint density at radius 3 is 2.94 bits per heavy atom. The number of hydrazine groups is 1. The third-order valence-electron chi connectivity index (χ3n) is 2.05. The summed E-state index contributed by atoms with van der Waals surface area (Å²) < 4.78 is 1.26. The second kappa shape index (κ2) is 5.69. The van der Waals surface area contributed by atoms with Crippen LogP contribution in [-0.4, -0.2) is 26.1 Å². The Balaban J connectivity index is 2.21. The van der Waals surface area contributed by atoms with E-state index in [0.29, 0.717) is 12.4 Å². The van der Waals surface area contributed by atoms with Gasteiger partial charge in [-0.3, -0.25) is 5.43 Å². The van der Waals surface area contributed by atoms with Crippen LogP contribution in [0.15, 0.2) is 48.2 Å². The van der Waals surface area contributed by atoms with Crippen molar-refractivity contribution < 1.29 is 0 Å². The fraction of sp³-hybridized carbons (Fsp3) is 0.0909. The van der Waals surface area contributed by atoms with Crippen LogP contribution in [0, 0.1) is 0 Å². The van der Waals surface area contributed by atoms with Crippen molar-refractivity contribution in [2.75, 3.05) is 12.0 Å². The van der Waals surface area contributed by atoms with E-state index in [2.05, 4.69) is 32.4 Å². The predicted octanol–water partition coefficient (Wildman–Crippen LogP) is 0.125. The van der Waals surface area contributed by atoms with Gasteiger partial charge in [0.1, 0.15) is 12.1 Å². The van der Waals surface area contributed by atoms with E-state index in [1.807, 2.05) is 0 Å². The van der Waals surface area contributed by atoms with Crippen molar-refractivity contribution in [3.63, 3.8) is 0 Å². The number of aromatic nitrogens is 4. The molecule has 0 aliphatic heterocycles. The van der Waals surface area contributed by atoms with Gasteiger partial charge in [-0.05, 0) is 12.1 Å². The van der Waals surface area contributed by atoms with Gasteiger partial charge < -0.3 is 0 Å². The summed E-state index contributed by atoms with van der Waals surface area (Å²) in [4.78, 5) is 23.6. The summed E-state index contributed by atoms with van der Waals surface area (Å²) in [5, 5.41) is 0. The van der Waals surface area contributed by atoms with Gasteiger partial charge in [0.25, 0.3) is 0 Å². The SMILES string of the molecule is C=CCNNc1ncn(-c2ccccn2)c(=O)n1. The minimum atomic E-state index is -0.452. The highest BCUT2D eigenvalue weighted by molar-refractivity contribution is 5.24. The summed E-state index contributed by atoms with van der Waals surface area (Å²) in [5.41, 5.74) is 5.02. The maximum atomic E-state index is 11.8. The fourth-order valence-corrected chi connectivity index (χ4v) is 1.25. The van der Waals surface area contributed by atoms with Crippen molar-refractivity contribution in [2.24, 2.45) is 0 Å². The minimum absolute atomic E-state index is 0.203. The Hall–Kier alpha value is -2.54. The van der Waals surface area contributed by atoms with Crippen LogP contribution in [-0.2, 0) is 0 Å². The van der Waals surface area contributed by atoms with Crippen molar-refractivity contribution >= 4 is 5.95 Å². The van der Waals surface area contributed by atoms with Crippen LogP contribution >= 0.6 is 0 Å². The van der Waals surface area contributed by atoms with Gasteiger partial charge >= 0.3 is 5.69 Å². The summed E-state index contributed by atoms with van der Waals surface area (Å²) in [5.74, 6) is 0.683. The molecule has 0 bridgehead atoms. The summed E-state index contributed by atoms with van der Waals surface area (Å²) >= 11 is 0. The van der Waals surface area contributed by atoms with Crippen molar-refractivity contribution in [3.8, 4) is 5.82 Å². The molecule has 0 atom stereocenters. The van der Waals surface area contributed by atoms with Crippen LogP contribution in [0.5, 0.6) is 0 Å². The Morgan fingerprint density at radius 2 is 2.28 bits per heavy atom. The molecule has 2 rings (SSSR count). The van der Waals surface area contributed by atoms with Crippen LogP contribution in [0.2, 0.25) is 0 Å². The number of hydrogen-bond donors (Lipinski definition) is 2. The fourth-order valence-electron chi connectivity index (χ4n) is 1.25. The monoisotopic (exact) mass is 244 g/mol. The number of nitrogens with zero attached hydrogens (tertiary/aromatic N) is 4. The zero-order chi connectivity index (χ0) is 12.8. The summed E-state index contributed by atoms with van der Waals surface area (Å²) in [6.45, 7) is 4.08. The lowest BCUT2D eigenvalue weighted by Crippen LogP contribution is -2.28. The van der Waals surface area contributed by atoms with E-state index in [0.717, 1.165) is 0 Å². The van der Waals surface area contributed by atoms with Crippen molar-refractivity contribution in [2.45, 2.75) is 0 Å².